The number of imidazole rings is 1. The lowest BCUT2D eigenvalue weighted by molar-refractivity contribution is -0.140. The van der Waals surface area contributed by atoms with Crippen molar-refractivity contribution < 1.29 is 27.5 Å². The molecule has 1 amide bonds. The number of rotatable bonds is 9. The van der Waals surface area contributed by atoms with Gasteiger partial charge in [0, 0.05) is 28.9 Å². The minimum atomic E-state index is -4.66. The number of amides is 1. The predicted octanol–water partition coefficient (Wildman–Crippen LogP) is 7.75. The molecule has 0 bridgehead atoms. The molecule has 7 nitrogen and oxygen atoms in total. The predicted molar refractivity (Wildman–Crippen MR) is 159 cm³/mol. The number of hydrogen-bond donors (Lipinski definition) is 2. The van der Waals surface area contributed by atoms with Crippen LogP contribution in [-0.2, 0) is 12.6 Å². The number of nitrogens with one attached hydrogen (secondary N) is 1. The quantitative estimate of drug-likeness (QED) is 0.163. The summed E-state index contributed by atoms with van der Waals surface area (Å²) in [6, 6.07) is 14.8. The summed E-state index contributed by atoms with van der Waals surface area (Å²) in [5.74, 6) is -1.05. The van der Waals surface area contributed by atoms with Crippen LogP contribution in [0.4, 0.5) is 17.6 Å². The van der Waals surface area contributed by atoms with Crippen LogP contribution in [0.15, 0.2) is 73.1 Å². The molecule has 12 heteroatoms. The number of aromatic nitrogens is 4. The lowest BCUT2D eigenvalue weighted by Crippen LogP contribution is -2.34. The first-order valence-corrected chi connectivity index (χ1v) is 14.1. The molecule has 2 N–H and O–H groups in total. The highest BCUT2D eigenvalue weighted by Gasteiger charge is 2.36. The summed E-state index contributed by atoms with van der Waals surface area (Å²) in [6.45, 7) is 4.40. The third-order valence-electron chi connectivity index (χ3n) is 7.26. The van der Waals surface area contributed by atoms with Gasteiger partial charge in [-0.05, 0) is 78.8 Å². The van der Waals surface area contributed by atoms with E-state index in [9.17, 15) is 23.1 Å². The Morgan fingerprint density at radius 1 is 1.02 bits per heavy atom. The highest BCUT2D eigenvalue weighted by molar-refractivity contribution is 6.31. The van der Waals surface area contributed by atoms with Crippen molar-refractivity contribution in [2.45, 2.75) is 39.3 Å². The standard InChI is InChI=1S/C32H28ClF4N5O2/c1-31(2,18-39-30(44)21-8-3-4-10-27(21)43)13-5-7-19-15-22(24(34)16-23(19)33)26-17-42-28(40-26)12-11-25(41-42)20-9-6-14-38-29(20)32(35,36)37/h3-4,6,8-12,14-17,43H,5,7,13,18H2,1-2H3,(H,39,44). The number of nitrogens with zero attached hydrogens (tertiary/aromatic N) is 4. The maximum absolute atomic E-state index is 15.1. The van der Waals surface area contributed by atoms with E-state index in [1.165, 1.54) is 47.1 Å². The van der Waals surface area contributed by atoms with E-state index < -0.39 is 17.7 Å². The molecule has 0 aliphatic carbocycles. The first-order chi connectivity index (χ1) is 20.8. The third kappa shape index (κ3) is 6.83. The van der Waals surface area contributed by atoms with Gasteiger partial charge < -0.3 is 10.4 Å². The smallest absolute Gasteiger partial charge is 0.434 e. The number of carbonyl (C=O) groups is 1. The summed E-state index contributed by atoms with van der Waals surface area (Å²) in [7, 11) is 0. The van der Waals surface area contributed by atoms with Gasteiger partial charge in [-0.2, -0.15) is 18.3 Å². The van der Waals surface area contributed by atoms with Crippen LogP contribution in [0.25, 0.3) is 28.2 Å². The van der Waals surface area contributed by atoms with Gasteiger partial charge in [-0.25, -0.2) is 13.9 Å². The second kappa shape index (κ2) is 12.2. The first kappa shape index (κ1) is 30.9. The number of phenolic OH excluding ortho intramolecular Hbond substituents is 1. The lowest BCUT2D eigenvalue weighted by Gasteiger charge is -2.25. The fraction of sp³-hybridized carbons (Fsp3) is 0.250. The second-order valence-electron chi connectivity index (χ2n) is 11.2. The minimum Gasteiger partial charge on any atom is -0.507 e. The van der Waals surface area contributed by atoms with Crippen LogP contribution < -0.4 is 5.32 Å². The number of phenols is 1. The Morgan fingerprint density at radius 3 is 2.55 bits per heavy atom. The van der Waals surface area contributed by atoms with Crippen molar-refractivity contribution in [1.29, 1.82) is 0 Å². The zero-order valence-electron chi connectivity index (χ0n) is 23.8. The van der Waals surface area contributed by atoms with Gasteiger partial charge >= 0.3 is 6.18 Å². The summed E-state index contributed by atoms with van der Waals surface area (Å²) in [4.78, 5) is 20.4. The highest BCUT2D eigenvalue weighted by Crippen LogP contribution is 2.35. The van der Waals surface area contributed by atoms with Crippen LogP contribution >= 0.6 is 11.6 Å². The SMILES string of the molecule is CC(C)(CCCc1cc(-c2cn3nc(-c4cccnc4C(F)(F)F)ccc3n2)c(F)cc1Cl)CNC(=O)c1ccccc1O. The molecule has 2 aromatic carbocycles. The number of para-hydroxylation sites is 1. The number of halogens is 5. The van der Waals surface area contributed by atoms with E-state index >= 15 is 4.39 Å². The van der Waals surface area contributed by atoms with Crippen molar-refractivity contribution in [1.82, 2.24) is 24.9 Å². The highest BCUT2D eigenvalue weighted by atomic mass is 35.5. The number of hydrogen-bond acceptors (Lipinski definition) is 5. The fourth-order valence-corrected chi connectivity index (χ4v) is 5.15. The summed E-state index contributed by atoms with van der Waals surface area (Å²) in [6.07, 6.45) is -0.210. The average Bonchev–Trinajstić information content (AvgIpc) is 3.40. The largest absolute Gasteiger partial charge is 0.507 e. The molecule has 0 saturated heterocycles. The number of pyridine rings is 1. The molecule has 0 aliphatic heterocycles. The normalized spacial score (nSPS) is 12.1. The summed E-state index contributed by atoms with van der Waals surface area (Å²) >= 11 is 6.39. The number of benzene rings is 2. The molecule has 44 heavy (non-hydrogen) atoms. The van der Waals surface area contributed by atoms with Gasteiger partial charge in [0.25, 0.3) is 5.91 Å². The van der Waals surface area contributed by atoms with Gasteiger partial charge in [0.1, 0.15) is 11.6 Å². The van der Waals surface area contributed by atoms with Gasteiger partial charge in [-0.3, -0.25) is 9.78 Å². The molecule has 5 aromatic rings. The summed E-state index contributed by atoms with van der Waals surface area (Å²) in [5, 5.41) is 17.3. The van der Waals surface area contributed by atoms with Crippen molar-refractivity contribution in [2.75, 3.05) is 6.54 Å². The van der Waals surface area contributed by atoms with Crippen LogP contribution in [0.2, 0.25) is 5.02 Å². The van der Waals surface area contributed by atoms with Crippen molar-refractivity contribution in [3.05, 3.63) is 101 Å². The average molecular weight is 626 g/mol. The molecular weight excluding hydrogens is 598 g/mol. The molecule has 3 heterocycles. The van der Waals surface area contributed by atoms with Gasteiger partial charge in [0.05, 0.1) is 23.1 Å². The fourth-order valence-electron chi connectivity index (χ4n) is 4.90. The third-order valence-corrected chi connectivity index (χ3v) is 7.61. The van der Waals surface area contributed by atoms with Crippen LogP contribution in [0.1, 0.15) is 48.3 Å². The molecule has 0 aliphatic rings. The maximum Gasteiger partial charge on any atom is 0.434 e. The Hall–Kier alpha value is -4.51. The van der Waals surface area contributed by atoms with Crippen LogP contribution in [0.3, 0.4) is 0 Å². The lowest BCUT2D eigenvalue weighted by atomic mass is 9.86. The molecule has 228 valence electrons. The Balaban J connectivity index is 1.30. The zero-order valence-corrected chi connectivity index (χ0v) is 24.5. The van der Waals surface area contributed by atoms with Crippen molar-refractivity contribution >= 4 is 23.2 Å². The molecule has 0 spiro atoms. The topological polar surface area (TPSA) is 92.4 Å². The molecule has 0 radical (unpaired) electrons. The second-order valence-corrected chi connectivity index (χ2v) is 11.6. The van der Waals surface area contributed by atoms with E-state index in [4.69, 9.17) is 11.6 Å². The van der Waals surface area contributed by atoms with Gasteiger partial charge in [-0.1, -0.05) is 37.6 Å². The minimum absolute atomic E-state index is 0.0403. The number of alkyl halides is 3. The summed E-state index contributed by atoms with van der Waals surface area (Å²) < 4.78 is 56.9. The number of carbonyl (C=O) groups excluding carboxylic acids is 1. The Bertz CT molecular complexity index is 1840. The first-order valence-electron chi connectivity index (χ1n) is 13.8. The van der Waals surface area contributed by atoms with E-state index in [2.05, 4.69) is 20.4 Å². The summed E-state index contributed by atoms with van der Waals surface area (Å²) in [5.41, 5.74) is 0.189. The Morgan fingerprint density at radius 2 is 1.80 bits per heavy atom. The maximum atomic E-state index is 15.1. The molecule has 3 aromatic heterocycles. The van der Waals surface area contributed by atoms with Gasteiger partial charge in [-0.15, -0.1) is 0 Å². The van der Waals surface area contributed by atoms with Crippen molar-refractivity contribution in [2.24, 2.45) is 5.41 Å². The molecule has 0 unspecified atom stereocenters. The van der Waals surface area contributed by atoms with Gasteiger partial charge in [0.15, 0.2) is 11.3 Å². The zero-order chi connectivity index (χ0) is 31.6. The number of aryl methyl sites for hydroxylation is 1. The van der Waals surface area contributed by atoms with E-state index in [-0.39, 0.29) is 50.2 Å². The molecule has 0 fully saturated rings. The number of aromatic hydroxyl groups is 1. The molecule has 5 rings (SSSR count). The molecule has 0 saturated carbocycles. The van der Waals surface area contributed by atoms with Crippen LogP contribution in [-0.4, -0.2) is 37.1 Å². The van der Waals surface area contributed by atoms with Crippen LogP contribution in [0.5, 0.6) is 5.75 Å². The Labute approximate surface area is 255 Å². The van der Waals surface area contributed by atoms with Crippen LogP contribution in [0, 0.1) is 11.2 Å². The van der Waals surface area contributed by atoms with E-state index in [1.807, 2.05) is 13.8 Å². The Kier molecular flexibility index (Phi) is 8.60. The van der Waals surface area contributed by atoms with Gasteiger partial charge in [0.2, 0.25) is 0 Å². The molecule has 0 atom stereocenters. The monoisotopic (exact) mass is 625 g/mol. The van der Waals surface area contributed by atoms with Crippen molar-refractivity contribution in [3.63, 3.8) is 0 Å². The van der Waals surface area contributed by atoms with Crippen molar-refractivity contribution in [3.8, 4) is 28.3 Å². The van der Waals surface area contributed by atoms with E-state index in [0.717, 1.165) is 6.20 Å². The number of fused-ring (bicyclic) bond motifs is 1. The molecular formula is C32H28ClF4N5O2. The van der Waals surface area contributed by atoms with E-state index in [1.54, 1.807) is 24.3 Å². The van der Waals surface area contributed by atoms with E-state index in [0.29, 0.717) is 37.0 Å².